The van der Waals surface area contributed by atoms with Crippen LogP contribution in [0.4, 0.5) is 0 Å². The molecular formula is C14H27N3. The third-order valence-corrected chi connectivity index (χ3v) is 3.10. The number of aryl methyl sites for hydroxylation is 1. The van der Waals surface area contributed by atoms with Gasteiger partial charge in [0, 0.05) is 12.7 Å². The van der Waals surface area contributed by atoms with Gasteiger partial charge in [0.1, 0.15) is 0 Å². The van der Waals surface area contributed by atoms with E-state index in [4.69, 9.17) is 0 Å². The first-order chi connectivity index (χ1) is 8.15. The van der Waals surface area contributed by atoms with Gasteiger partial charge in [-0.05, 0) is 43.8 Å². The molecule has 0 bridgehead atoms. The highest BCUT2D eigenvalue weighted by Crippen LogP contribution is 2.11. The molecule has 0 aromatic carbocycles. The van der Waals surface area contributed by atoms with Crippen molar-refractivity contribution in [2.75, 3.05) is 13.1 Å². The molecular weight excluding hydrogens is 210 g/mol. The average Bonchev–Trinajstić information content (AvgIpc) is 2.75. The molecule has 1 heterocycles. The summed E-state index contributed by atoms with van der Waals surface area (Å²) in [4.78, 5) is 0. The van der Waals surface area contributed by atoms with Crippen molar-refractivity contribution in [2.24, 2.45) is 11.8 Å². The lowest BCUT2D eigenvalue weighted by atomic mass is 9.98. The molecule has 98 valence electrons. The summed E-state index contributed by atoms with van der Waals surface area (Å²) in [5.74, 6) is 1.46. The fraction of sp³-hybridized carbons (Fsp3) is 0.786. The van der Waals surface area contributed by atoms with Gasteiger partial charge >= 0.3 is 0 Å². The van der Waals surface area contributed by atoms with E-state index >= 15 is 0 Å². The third-order valence-electron chi connectivity index (χ3n) is 3.10. The third kappa shape index (κ3) is 5.35. The lowest BCUT2D eigenvalue weighted by Crippen LogP contribution is -2.27. The topological polar surface area (TPSA) is 29.9 Å². The van der Waals surface area contributed by atoms with Crippen LogP contribution in [0.15, 0.2) is 12.4 Å². The molecule has 0 aliphatic heterocycles. The lowest BCUT2D eigenvalue weighted by Gasteiger charge is -2.15. The molecule has 1 atom stereocenters. The smallest absolute Gasteiger partial charge is 0.0521 e. The van der Waals surface area contributed by atoms with Crippen LogP contribution in [0.25, 0.3) is 0 Å². The summed E-state index contributed by atoms with van der Waals surface area (Å²) < 4.78 is 2.00. The number of hydrogen-bond acceptors (Lipinski definition) is 2. The van der Waals surface area contributed by atoms with E-state index in [9.17, 15) is 0 Å². The molecule has 1 rings (SSSR count). The molecule has 17 heavy (non-hydrogen) atoms. The van der Waals surface area contributed by atoms with Crippen molar-refractivity contribution in [1.82, 2.24) is 15.1 Å². The van der Waals surface area contributed by atoms with Gasteiger partial charge in [-0.3, -0.25) is 4.68 Å². The van der Waals surface area contributed by atoms with Gasteiger partial charge in [0.25, 0.3) is 0 Å². The van der Waals surface area contributed by atoms with Crippen molar-refractivity contribution < 1.29 is 0 Å². The highest BCUT2D eigenvalue weighted by Gasteiger charge is 2.09. The molecule has 1 aromatic rings. The SMILES string of the molecule is CCC(CNCC(C)C)Cc1cnn(CC)c1. The summed E-state index contributed by atoms with van der Waals surface area (Å²) in [6, 6.07) is 0. The van der Waals surface area contributed by atoms with E-state index in [1.165, 1.54) is 12.0 Å². The van der Waals surface area contributed by atoms with Crippen molar-refractivity contribution in [3.63, 3.8) is 0 Å². The van der Waals surface area contributed by atoms with E-state index in [0.717, 1.165) is 37.9 Å². The Hall–Kier alpha value is -0.830. The number of rotatable bonds is 8. The Labute approximate surface area is 106 Å². The molecule has 0 fully saturated rings. The van der Waals surface area contributed by atoms with Gasteiger partial charge in [0.2, 0.25) is 0 Å². The predicted octanol–water partition coefficient (Wildman–Crippen LogP) is 2.72. The molecule has 0 amide bonds. The van der Waals surface area contributed by atoms with Gasteiger partial charge in [0.15, 0.2) is 0 Å². The fourth-order valence-corrected chi connectivity index (χ4v) is 1.96. The summed E-state index contributed by atoms with van der Waals surface area (Å²) in [6.45, 7) is 12.1. The molecule has 1 unspecified atom stereocenters. The Morgan fingerprint density at radius 1 is 1.29 bits per heavy atom. The summed E-state index contributed by atoms with van der Waals surface area (Å²) in [7, 11) is 0. The van der Waals surface area contributed by atoms with E-state index in [2.05, 4.69) is 44.3 Å². The average molecular weight is 237 g/mol. The molecule has 1 N–H and O–H groups in total. The van der Waals surface area contributed by atoms with Crippen LogP contribution in [-0.2, 0) is 13.0 Å². The van der Waals surface area contributed by atoms with E-state index in [0.29, 0.717) is 0 Å². The first kappa shape index (κ1) is 14.2. The minimum atomic E-state index is 0.725. The van der Waals surface area contributed by atoms with Crippen LogP contribution >= 0.6 is 0 Å². The van der Waals surface area contributed by atoms with E-state index in [1.54, 1.807) is 0 Å². The second-order valence-corrected chi connectivity index (χ2v) is 5.23. The number of nitrogens with one attached hydrogen (secondary N) is 1. The van der Waals surface area contributed by atoms with Crippen molar-refractivity contribution in [3.05, 3.63) is 18.0 Å². The number of aromatic nitrogens is 2. The Morgan fingerprint density at radius 3 is 2.59 bits per heavy atom. The molecule has 0 aliphatic carbocycles. The first-order valence-corrected chi connectivity index (χ1v) is 6.87. The zero-order valence-electron chi connectivity index (χ0n) is 11.7. The summed E-state index contributed by atoms with van der Waals surface area (Å²) in [6.07, 6.45) is 6.55. The molecule has 3 heteroatoms. The minimum absolute atomic E-state index is 0.725. The van der Waals surface area contributed by atoms with Crippen LogP contribution in [0.3, 0.4) is 0 Å². The Balaban J connectivity index is 2.35. The number of nitrogens with zero attached hydrogens (tertiary/aromatic N) is 2. The van der Waals surface area contributed by atoms with Crippen LogP contribution in [0.2, 0.25) is 0 Å². The highest BCUT2D eigenvalue weighted by molar-refractivity contribution is 5.05. The molecule has 1 aromatic heterocycles. The van der Waals surface area contributed by atoms with Gasteiger partial charge in [0.05, 0.1) is 6.20 Å². The predicted molar refractivity (Wildman–Crippen MR) is 73.1 cm³/mol. The van der Waals surface area contributed by atoms with E-state index in [1.807, 2.05) is 10.9 Å². The fourth-order valence-electron chi connectivity index (χ4n) is 1.96. The van der Waals surface area contributed by atoms with Gasteiger partial charge in [-0.15, -0.1) is 0 Å². The molecule has 0 radical (unpaired) electrons. The number of hydrogen-bond donors (Lipinski definition) is 1. The van der Waals surface area contributed by atoms with Crippen molar-refractivity contribution in [2.45, 2.75) is 47.1 Å². The second kappa shape index (κ2) is 7.49. The highest BCUT2D eigenvalue weighted by atomic mass is 15.3. The van der Waals surface area contributed by atoms with Gasteiger partial charge < -0.3 is 5.32 Å². The standard InChI is InChI=1S/C14H27N3/c1-5-13(9-15-8-12(3)4)7-14-10-16-17(6-2)11-14/h10-13,15H,5-9H2,1-4H3. The van der Waals surface area contributed by atoms with Crippen LogP contribution in [0.1, 0.15) is 39.7 Å². The Morgan fingerprint density at radius 2 is 2.06 bits per heavy atom. The van der Waals surface area contributed by atoms with E-state index in [-0.39, 0.29) is 0 Å². The minimum Gasteiger partial charge on any atom is -0.316 e. The van der Waals surface area contributed by atoms with Crippen molar-refractivity contribution >= 4 is 0 Å². The second-order valence-electron chi connectivity index (χ2n) is 5.23. The van der Waals surface area contributed by atoms with Crippen molar-refractivity contribution in [3.8, 4) is 0 Å². The Kier molecular flexibility index (Phi) is 6.27. The normalized spacial score (nSPS) is 13.2. The van der Waals surface area contributed by atoms with Crippen LogP contribution < -0.4 is 5.32 Å². The van der Waals surface area contributed by atoms with E-state index < -0.39 is 0 Å². The van der Waals surface area contributed by atoms with Gasteiger partial charge in [-0.2, -0.15) is 5.10 Å². The maximum atomic E-state index is 4.33. The largest absolute Gasteiger partial charge is 0.316 e. The van der Waals surface area contributed by atoms with Crippen molar-refractivity contribution in [1.29, 1.82) is 0 Å². The zero-order chi connectivity index (χ0) is 12.7. The van der Waals surface area contributed by atoms with Crippen LogP contribution in [-0.4, -0.2) is 22.9 Å². The first-order valence-electron chi connectivity index (χ1n) is 6.87. The Bertz CT molecular complexity index is 304. The van der Waals surface area contributed by atoms with Gasteiger partial charge in [-0.25, -0.2) is 0 Å². The zero-order valence-corrected chi connectivity index (χ0v) is 11.7. The molecule has 0 saturated carbocycles. The van der Waals surface area contributed by atoms with Crippen LogP contribution in [0, 0.1) is 11.8 Å². The summed E-state index contributed by atoms with van der Waals surface area (Å²) in [5.41, 5.74) is 1.37. The summed E-state index contributed by atoms with van der Waals surface area (Å²) in [5, 5.41) is 7.88. The quantitative estimate of drug-likeness (QED) is 0.753. The van der Waals surface area contributed by atoms with Crippen LogP contribution in [0.5, 0.6) is 0 Å². The maximum absolute atomic E-state index is 4.33. The summed E-state index contributed by atoms with van der Waals surface area (Å²) >= 11 is 0. The molecule has 0 aliphatic rings. The molecule has 0 saturated heterocycles. The maximum Gasteiger partial charge on any atom is 0.0521 e. The molecule has 3 nitrogen and oxygen atoms in total. The monoisotopic (exact) mass is 237 g/mol. The van der Waals surface area contributed by atoms with Gasteiger partial charge in [-0.1, -0.05) is 27.2 Å². The molecule has 0 spiro atoms. The lowest BCUT2D eigenvalue weighted by molar-refractivity contribution is 0.437.